The summed E-state index contributed by atoms with van der Waals surface area (Å²) in [7, 11) is 0. The van der Waals surface area contributed by atoms with Crippen molar-refractivity contribution in [3.8, 4) is 11.1 Å². The molecule has 0 aliphatic heterocycles. The Morgan fingerprint density at radius 2 is 1.54 bits per heavy atom. The van der Waals surface area contributed by atoms with E-state index in [9.17, 15) is 4.79 Å². The molecule has 0 aliphatic rings. The Kier molecular flexibility index (Phi) is 11.4. The SMILES string of the molecule is CCC[C@@H](C)C(=O)OCC.Cl.Nc1ccc(-c2ccccc2)cc1. The summed E-state index contributed by atoms with van der Waals surface area (Å²) in [6, 6.07) is 18.2. The van der Waals surface area contributed by atoms with Gasteiger partial charge in [0.2, 0.25) is 0 Å². The second-order valence-electron chi connectivity index (χ2n) is 5.43. The highest BCUT2D eigenvalue weighted by Crippen LogP contribution is 2.19. The van der Waals surface area contributed by atoms with E-state index in [-0.39, 0.29) is 24.3 Å². The quantitative estimate of drug-likeness (QED) is 0.585. The van der Waals surface area contributed by atoms with Crippen LogP contribution in [-0.4, -0.2) is 12.6 Å². The molecule has 2 rings (SSSR count). The van der Waals surface area contributed by atoms with Crippen LogP contribution in [-0.2, 0) is 9.53 Å². The fourth-order valence-corrected chi connectivity index (χ4v) is 2.14. The molecule has 0 saturated carbocycles. The van der Waals surface area contributed by atoms with Gasteiger partial charge in [-0.1, -0.05) is 62.7 Å². The molecule has 0 saturated heterocycles. The molecule has 0 amide bonds. The number of benzene rings is 2. The lowest BCUT2D eigenvalue weighted by Crippen LogP contribution is -2.14. The molecule has 1 atom stereocenters. The van der Waals surface area contributed by atoms with Crippen LogP contribution in [0.25, 0.3) is 11.1 Å². The zero-order valence-electron chi connectivity index (χ0n) is 14.7. The number of nitrogen functional groups attached to an aromatic ring is 1. The number of ether oxygens (including phenoxy) is 1. The summed E-state index contributed by atoms with van der Waals surface area (Å²) in [4.78, 5) is 10.9. The number of nitrogens with two attached hydrogens (primary N) is 1. The number of anilines is 1. The van der Waals surface area contributed by atoms with Gasteiger partial charge in [0.1, 0.15) is 0 Å². The molecule has 0 fully saturated rings. The molecule has 0 bridgehead atoms. The smallest absolute Gasteiger partial charge is 0.308 e. The predicted molar refractivity (Wildman–Crippen MR) is 104 cm³/mol. The van der Waals surface area contributed by atoms with Gasteiger partial charge < -0.3 is 10.5 Å². The fraction of sp³-hybridized carbons (Fsp3) is 0.350. The molecular weight excluding hydrogens is 322 g/mol. The standard InChI is InChI=1S/C12H11N.C8H16O2.ClH/c13-12-8-6-11(7-9-12)10-4-2-1-3-5-10;1-4-6-7(3)8(9)10-5-2;/h1-9H,13H2;7H,4-6H2,1-3H3;1H/t;7-;/m.1./s1. The number of halogens is 1. The van der Waals surface area contributed by atoms with Crippen LogP contribution in [0.15, 0.2) is 54.6 Å². The second-order valence-corrected chi connectivity index (χ2v) is 5.43. The minimum absolute atomic E-state index is 0. The molecule has 24 heavy (non-hydrogen) atoms. The van der Waals surface area contributed by atoms with E-state index in [0.717, 1.165) is 18.5 Å². The highest BCUT2D eigenvalue weighted by Gasteiger charge is 2.11. The van der Waals surface area contributed by atoms with Crippen LogP contribution in [0, 0.1) is 5.92 Å². The van der Waals surface area contributed by atoms with Crippen molar-refractivity contribution in [3.05, 3.63) is 54.6 Å². The topological polar surface area (TPSA) is 52.3 Å². The third-order valence-corrected chi connectivity index (χ3v) is 3.43. The number of carbonyl (C=O) groups excluding carboxylic acids is 1. The number of rotatable bonds is 5. The van der Waals surface area contributed by atoms with Crippen LogP contribution in [0.2, 0.25) is 0 Å². The van der Waals surface area contributed by atoms with Gasteiger partial charge in [-0.15, -0.1) is 12.4 Å². The maximum absolute atomic E-state index is 10.9. The highest BCUT2D eigenvalue weighted by atomic mass is 35.5. The van der Waals surface area contributed by atoms with Crippen LogP contribution in [0.4, 0.5) is 5.69 Å². The average molecular weight is 350 g/mol. The minimum atomic E-state index is -0.0654. The molecule has 0 aliphatic carbocycles. The Balaban J connectivity index is 0.000000441. The molecule has 132 valence electrons. The first kappa shape index (κ1) is 22.0. The van der Waals surface area contributed by atoms with Crippen LogP contribution in [0.1, 0.15) is 33.6 Å². The molecular formula is C20H28ClNO2. The Bertz CT molecular complexity index is 570. The molecule has 2 aromatic rings. The monoisotopic (exact) mass is 349 g/mol. The van der Waals surface area contributed by atoms with Gasteiger partial charge >= 0.3 is 5.97 Å². The van der Waals surface area contributed by atoms with Crippen molar-refractivity contribution in [2.24, 2.45) is 5.92 Å². The Hall–Kier alpha value is -2.00. The lowest BCUT2D eigenvalue weighted by atomic mass is 10.1. The van der Waals surface area contributed by atoms with E-state index in [2.05, 4.69) is 19.1 Å². The van der Waals surface area contributed by atoms with Gasteiger partial charge in [0.15, 0.2) is 0 Å². The summed E-state index contributed by atoms with van der Waals surface area (Å²) in [5.41, 5.74) is 8.84. The Labute approximate surface area is 151 Å². The van der Waals surface area contributed by atoms with E-state index in [0.29, 0.717) is 6.61 Å². The first-order valence-electron chi connectivity index (χ1n) is 8.16. The molecule has 0 aromatic heterocycles. The van der Waals surface area contributed by atoms with Gasteiger partial charge in [0.05, 0.1) is 12.5 Å². The lowest BCUT2D eigenvalue weighted by Gasteiger charge is -2.07. The Morgan fingerprint density at radius 1 is 1.00 bits per heavy atom. The average Bonchev–Trinajstić information content (AvgIpc) is 2.57. The summed E-state index contributed by atoms with van der Waals surface area (Å²) in [6.45, 7) is 6.29. The van der Waals surface area contributed by atoms with E-state index in [1.807, 2.05) is 56.3 Å². The molecule has 2 N–H and O–H groups in total. The van der Waals surface area contributed by atoms with E-state index >= 15 is 0 Å². The van der Waals surface area contributed by atoms with Crippen LogP contribution >= 0.6 is 12.4 Å². The number of esters is 1. The molecule has 0 unspecified atom stereocenters. The van der Waals surface area contributed by atoms with Crippen LogP contribution < -0.4 is 5.73 Å². The van der Waals surface area contributed by atoms with Crippen molar-refractivity contribution in [1.82, 2.24) is 0 Å². The molecule has 3 nitrogen and oxygen atoms in total. The van der Waals surface area contributed by atoms with Crippen molar-refractivity contribution >= 4 is 24.1 Å². The molecule has 0 spiro atoms. The number of hydrogen-bond acceptors (Lipinski definition) is 3. The van der Waals surface area contributed by atoms with E-state index in [1.165, 1.54) is 11.1 Å². The zero-order chi connectivity index (χ0) is 17.1. The molecule has 4 heteroatoms. The van der Waals surface area contributed by atoms with Crippen molar-refractivity contribution < 1.29 is 9.53 Å². The summed E-state index contributed by atoms with van der Waals surface area (Å²) in [5.74, 6) is 0.00861. The number of carbonyl (C=O) groups is 1. The first-order chi connectivity index (χ1) is 11.1. The normalized spacial score (nSPS) is 10.6. The second kappa shape index (κ2) is 12.4. The molecule has 2 aromatic carbocycles. The zero-order valence-corrected chi connectivity index (χ0v) is 15.5. The van der Waals surface area contributed by atoms with Crippen molar-refractivity contribution in [1.29, 1.82) is 0 Å². The van der Waals surface area contributed by atoms with Crippen LogP contribution in [0.3, 0.4) is 0 Å². The maximum atomic E-state index is 10.9. The van der Waals surface area contributed by atoms with E-state index in [4.69, 9.17) is 10.5 Å². The largest absolute Gasteiger partial charge is 0.466 e. The van der Waals surface area contributed by atoms with Crippen molar-refractivity contribution in [2.45, 2.75) is 33.6 Å². The van der Waals surface area contributed by atoms with Gasteiger partial charge in [-0.3, -0.25) is 4.79 Å². The minimum Gasteiger partial charge on any atom is -0.466 e. The first-order valence-corrected chi connectivity index (χ1v) is 8.16. The summed E-state index contributed by atoms with van der Waals surface area (Å²) in [6.07, 6.45) is 1.97. The predicted octanol–water partition coefficient (Wildman–Crippen LogP) is 5.34. The highest BCUT2D eigenvalue weighted by molar-refractivity contribution is 5.85. The van der Waals surface area contributed by atoms with Gasteiger partial charge in [0, 0.05) is 5.69 Å². The van der Waals surface area contributed by atoms with Crippen molar-refractivity contribution in [2.75, 3.05) is 12.3 Å². The summed E-state index contributed by atoms with van der Waals surface area (Å²) >= 11 is 0. The van der Waals surface area contributed by atoms with E-state index < -0.39 is 0 Å². The fourth-order valence-electron chi connectivity index (χ4n) is 2.14. The van der Waals surface area contributed by atoms with E-state index in [1.54, 1.807) is 0 Å². The third kappa shape index (κ3) is 8.02. The van der Waals surface area contributed by atoms with Crippen molar-refractivity contribution in [3.63, 3.8) is 0 Å². The molecule has 0 radical (unpaired) electrons. The van der Waals surface area contributed by atoms with Gasteiger partial charge in [0.25, 0.3) is 0 Å². The summed E-state index contributed by atoms with van der Waals surface area (Å²) in [5, 5.41) is 0. The summed E-state index contributed by atoms with van der Waals surface area (Å²) < 4.78 is 4.82. The Morgan fingerprint density at radius 3 is 2.04 bits per heavy atom. The maximum Gasteiger partial charge on any atom is 0.308 e. The third-order valence-electron chi connectivity index (χ3n) is 3.43. The molecule has 0 heterocycles. The van der Waals surface area contributed by atoms with Gasteiger partial charge in [-0.25, -0.2) is 0 Å². The van der Waals surface area contributed by atoms with Gasteiger partial charge in [-0.05, 0) is 36.6 Å². The number of hydrogen-bond donors (Lipinski definition) is 1. The lowest BCUT2D eigenvalue weighted by molar-refractivity contribution is -0.147. The van der Waals surface area contributed by atoms with Crippen LogP contribution in [0.5, 0.6) is 0 Å². The van der Waals surface area contributed by atoms with Gasteiger partial charge in [-0.2, -0.15) is 0 Å².